The molecule has 125 valence electrons. The van der Waals surface area contributed by atoms with Crippen molar-refractivity contribution in [3.8, 4) is 0 Å². The van der Waals surface area contributed by atoms with E-state index in [0.29, 0.717) is 0 Å². The molecule has 0 saturated carbocycles. The second-order valence-electron chi connectivity index (χ2n) is 8.66. The highest BCUT2D eigenvalue weighted by atomic mass is 14.4. The molecule has 1 aliphatic carbocycles. The molecule has 1 radical (unpaired) electrons. The molecule has 0 aliphatic heterocycles. The summed E-state index contributed by atoms with van der Waals surface area (Å²) in [5.41, 5.74) is 8.70. The monoisotopic (exact) mass is 317 g/mol. The molecule has 0 atom stereocenters. The summed E-state index contributed by atoms with van der Waals surface area (Å²) in [6, 6.07) is 16.6. The first-order valence-corrected chi connectivity index (χ1v) is 9.01. The van der Waals surface area contributed by atoms with Crippen molar-refractivity contribution < 1.29 is 0 Å². The van der Waals surface area contributed by atoms with Crippen LogP contribution in [0.15, 0.2) is 36.4 Å². The fraction of sp³-hybridized carbons (Fsp3) is 0.417. The van der Waals surface area contributed by atoms with Crippen molar-refractivity contribution in [3.63, 3.8) is 0 Å². The molecule has 0 aromatic heterocycles. The van der Waals surface area contributed by atoms with Gasteiger partial charge in [0.15, 0.2) is 0 Å². The van der Waals surface area contributed by atoms with E-state index in [-0.39, 0.29) is 10.8 Å². The Labute approximate surface area is 147 Å². The molecule has 0 spiro atoms. The standard InChI is InChI=1S/C24H29/c1-17-8-7-9-19(14-17)15-18(2)20-10-11-21-22(16-20)24(5,6)13-12-23(21,3)4/h7,9-11,14-16H,12-13H2,1-6H3. The molecular weight excluding hydrogens is 288 g/mol. The third-order valence-electron chi connectivity index (χ3n) is 5.66. The van der Waals surface area contributed by atoms with Crippen LogP contribution < -0.4 is 0 Å². The molecule has 0 saturated heterocycles. The molecule has 0 fully saturated rings. The Bertz CT molecular complexity index is 787. The quantitative estimate of drug-likeness (QED) is 0.540. The molecule has 0 heteroatoms. The van der Waals surface area contributed by atoms with Gasteiger partial charge in [-0.25, -0.2) is 0 Å². The van der Waals surface area contributed by atoms with E-state index < -0.39 is 0 Å². The molecule has 24 heavy (non-hydrogen) atoms. The predicted molar refractivity (Wildman–Crippen MR) is 105 cm³/mol. The van der Waals surface area contributed by atoms with Gasteiger partial charge >= 0.3 is 0 Å². The van der Waals surface area contributed by atoms with Crippen molar-refractivity contribution in [2.45, 2.75) is 65.2 Å². The van der Waals surface area contributed by atoms with E-state index in [4.69, 9.17) is 0 Å². The fourth-order valence-corrected chi connectivity index (χ4v) is 3.87. The highest BCUT2D eigenvalue weighted by Crippen LogP contribution is 2.46. The normalized spacial score (nSPS) is 19.0. The molecule has 0 bridgehead atoms. The van der Waals surface area contributed by atoms with E-state index in [1.165, 1.54) is 46.2 Å². The third kappa shape index (κ3) is 3.20. The summed E-state index contributed by atoms with van der Waals surface area (Å²) in [4.78, 5) is 0. The lowest BCUT2D eigenvalue weighted by molar-refractivity contribution is 0.332. The molecule has 0 unspecified atom stereocenters. The Morgan fingerprint density at radius 3 is 2.29 bits per heavy atom. The summed E-state index contributed by atoms with van der Waals surface area (Å²) in [6.45, 7) is 13.9. The molecule has 1 aliphatic rings. The lowest BCUT2D eigenvalue weighted by atomic mass is 9.63. The summed E-state index contributed by atoms with van der Waals surface area (Å²) in [5, 5.41) is 0. The lowest BCUT2D eigenvalue weighted by Gasteiger charge is -2.42. The Kier molecular flexibility index (Phi) is 4.20. The first-order valence-electron chi connectivity index (χ1n) is 9.01. The number of aryl methyl sites for hydroxylation is 1. The summed E-state index contributed by atoms with van der Waals surface area (Å²) in [7, 11) is 0. The van der Waals surface area contributed by atoms with Crippen LogP contribution in [0.4, 0.5) is 0 Å². The fourth-order valence-electron chi connectivity index (χ4n) is 3.87. The number of hydrogen-bond donors (Lipinski definition) is 0. The Balaban J connectivity index is 2.05. The molecule has 2 aromatic carbocycles. The Morgan fingerprint density at radius 1 is 0.958 bits per heavy atom. The molecule has 0 amide bonds. The zero-order valence-corrected chi connectivity index (χ0v) is 16.0. The first kappa shape index (κ1) is 17.0. The molecule has 0 nitrogen and oxygen atoms in total. The van der Waals surface area contributed by atoms with Crippen LogP contribution in [0.2, 0.25) is 0 Å². The number of benzene rings is 2. The Hall–Kier alpha value is -1.82. The van der Waals surface area contributed by atoms with Gasteiger partial charge in [-0.1, -0.05) is 70.2 Å². The van der Waals surface area contributed by atoms with E-state index in [9.17, 15) is 0 Å². The van der Waals surface area contributed by atoms with Crippen molar-refractivity contribution in [1.82, 2.24) is 0 Å². The van der Waals surface area contributed by atoms with Gasteiger partial charge in [-0.2, -0.15) is 0 Å². The number of rotatable bonds is 2. The van der Waals surface area contributed by atoms with E-state index >= 15 is 0 Å². The highest BCUT2D eigenvalue weighted by molar-refractivity contribution is 5.80. The average molecular weight is 317 g/mol. The zero-order chi connectivity index (χ0) is 17.5. The van der Waals surface area contributed by atoms with Crippen molar-refractivity contribution in [2.75, 3.05) is 0 Å². The average Bonchev–Trinajstić information content (AvgIpc) is 2.52. The minimum atomic E-state index is 0.263. The number of hydrogen-bond acceptors (Lipinski definition) is 0. The summed E-state index contributed by atoms with van der Waals surface area (Å²) in [5.74, 6) is 0. The van der Waals surface area contributed by atoms with Crippen LogP contribution in [0.25, 0.3) is 11.6 Å². The predicted octanol–water partition coefficient (Wildman–Crippen LogP) is 6.70. The molecular formula is C24H29. The first-order chi connectivity index (χ1) is 11.2. The van der Waals surface area contributed by atoms with Gasteiger partial charge in [0.2, 0.25) is 0 Å². The van der Waals surface area contributed by atoms with Crippen LogP contribution in [0.1, 0.15) is 75.3 Å². The van der Waals surface area contributed by atoms with Gasteiger partial charge in [0.25, 0.3) is 0 Å². The van der Waals surface area contributed by atoms with E-state index in [1.54, 1.807) is 0 Å². The van der Waals surface area contributed by atoms with Gasteiger partial charge in [-0.05, 0) is 77.0 Å². The third-order valence-corrected chi connectivity index (χ3v) is 5.66. The van der Waals surface area contributed by atoms with Crippen molar-refractivity contribution in [1.29, 1.82) is 0 Å². The topological polar surface area (TPSA) is 0 Å². The number of fused-ring (bicyclic) bond motifs is 1. The van der Waals surface area contributed by atoms with E-state index in [2.05, 4.69) is 84.0 Å². The van der Waals surface area contributed by atoms with Gasteiger partial charge in [0, 0.05) is 0 Å². The minimum Gasteiger partial charge on any atom is -0.0576 e. The largest absolute Gasteiger partial charge is 0.0576 e. The maximum atomic E-state index is 3.22. The Morgan fingerprint density at radius 2 is 1.62 bits per heavy atom. The minimum absolute atomic E-state index is 0.263. The van der Waals surface area contributed by atoms with Crippen LogP contribution in [-0.4, -0.2) is 0 Å². The van der Waals surface area contributed by atoms with Crippen LogP contribution in [0.5, 0.6) is 0 Å². The zero-order valence-electron chi connectivity index (χ0n) is 16.0. The second-order valence-corrected chi connectivity index (χ2v) is 8.66. The summed E-state index contributed by atoms with van der Waals surface area (Å²) in [6.07, 6.45) is 4.80. The molecule has 3 rings (SSSR count). The van der Waals surface area contributed by atoms with Crippen molar-refractivity contribution in [3.05, 3.63) is 70.3 Å². The van der Waals surface area contributed by atoms with Crippen molar-refractivity contribution >= 4 is 11.6 Å². The summed E-state index contributed by atoms with van der Waals surface area (Å²) >= 11 is 0. The SMILES string of the molecule is CC(=Cc1cc[c]c(C)c1)c1ccc2c(c1)C(C)(C)CCC2(C)C. The molecule has 0 N–H and O–H groups in total. The smallest absolute Gasteiger partial charge is 0.0100 e. The maximum Gasteiger partial charge on any atom is -0.0100 e. The van der Waals surface area contributed by atoms with Crippen LogP contribution in [-0.2, 0) is 10.8 Å². The van der Waals surface area contributed by atoms with Crippen molar-refractivity contribution in [2.24, 2.45) is 0 Å². The molecule has 0 heterocycles. The maximum absolute atomic E-state index is 3.22. The van der Waals surface area contributed by atoms with E-state index in [1.807, 2.05) is 6.07 Å². The highest BCUT2D eigenvalue weighted by Gasteiger charge is 2.36. The van der Waals surface area contributed by atoms with Crippen LogP contribution in [0, 0.1) is 13.0 Å². The van der Waals surface area contributed by atoms with Gasteiger partial charge in [-0.3, -0.25) is 0 Å². The molecule has 2 aromatic rings. The van der Waals surface area contributed by atoms with Gasteiger partial charge in [-0.15, -0.1) is 0 Å². The van der Waals surface area contributed by atoms with Gasteiger partial charge < -0.3 is 0 Å². The summed E-state index contributed by atoms with van der Waals surface area (Å²) < 4.78 is 0. The van der Waals surface area contributed by atoms with Crippen LogP contribution in [0.3, 0.4) is 0 Å². The lowest BCUT2D eigenvalue weighted by Crippen LogP contribution is -2.33. The van der Waals surface area contributed by atoms with Crippen LogP contribution >= 0.6 is 0 Å². The van der Waals surface area contributed by atoms with Gasteiger partial charge in [0.05, 0.1) is 0 Å². The van der Waals surface area contributed by atoms with E-state index in [0.717, 1.165) is 0 Å². The number of allylic oxidation sites excluding steroid dienone is 1. The second kappa shape index (κ2) is 5.92. The van der Waals surface area contributed by atoms with Gasteiger partial charge in [0.1, 0.15) is 0 Å².